The smallest absolute Gasteiger partial charge is 0.119 e. The second-order valence-electron chi connectivity index (χ2n) is 1.41. The molecule has 3 heteroatoms. The van der Waals surface area contributed by atoms with Crippen LogP contribution in [0.4, 0.5) is 0 Å². The van der Waals surface area contributed by atoms with E-state index in [1.54, 1.807) is 11.9 Å². The second kappa shape index (κ2) is 2.77. The third-order valence-corrected chi connectivity index (χ3v) is 1.61. The molecular formula is C5H8N2S. The Labute approximate surface area is 53.4 Å². The van der Waals surface area contributed by atoms with Gasteiger partial charge >= 0.3 is 0 Å². The van der Waals surface area contributed by atoms with Crippen molar-refractivity contribution < 1.29 is 0 Å². The molecular weight excluding hydrogens is 120 g/mol. The van der Waals surface area contributed by atoms with Gasteiger partial charge in [0.15, 0.2) is 0 Å². The summed E-state index contributed by atoms with van der Waals surface area (Å²) in [6, 6.07) is 0. The van der Waals surface area contributed by atoms with Crippen LogP contribution in [-0.2, 0) is 0 Å². The number of rotatable bonds is 1. The van der Waals surface area contributed by atoms with Gasteiger partial charge in [0.25, 0.3) is 0 Å². The van der Waals surface area contributed by atoms with Gasteiger partial charge in [-0.05, 0) is 6.08 Å². The molecule has 0 atom stereocenters. The van der Waals surface area contributed by atoms with Crippen molar-refractivity contribution in [2.24, 2.45) is 4.99 Å². The van der Waals surface area contributed by atoms with Crippen LogP contribution in [0.3, 0.4) is 0 Å². The molecule has 44 valence electrons. The minimum absolute atomic E-state index is 0.789. The van der Waals surface area contributed by atoms with Crippen LogP contribution >= 0.6 is 11.9 Å². The first-order chi connectivity index (χ1) is 3.93. The highest BCUT2D eigenvalue weighted by atomic mass is 32.2. The minimum atomic E-state index is 0.789. The van der Waals surface area contributed by atoms with Gasteiger partial charge in [-0.2, -0.15) is 0 Å². The van der Waals surface area contributed by atoms with Crippen molar-refractivity contribution in [1.29, 1.82) is 0 Å². The highest BCUT2D eigenvalue weighted by Crippen LogP contribution is 2.06. The first kappa shape index (κ1) is 5.69. The Balaban J connectivity index is 2.40. The standard InChI is InChI=1S/C5H8N2S/c1-8-7-4-2-3-6-5-7/h2-4H,5H2,1H3. The summed E-state index contributed by atoms with van der Waals surface area (Å²) in [5.41, 5.74) is 0. The van der Waals surface area contributed by atoms with Crippen LogP contribution < -0.4 is 0 Å². The van der Waals surface area contributed by atoms with Gasteiger partial charge in [0.1, 0.15) is 6.67 Å². The predicted molar refractivity (Wildman–Crippen MR) is 37.9 cm³/mol. The SMILES string of the molecule is CSN1C=CC=NC1. The molecule has 0 N–H and O–H groups in total. The Hall–Kier alpha value is -0.440. The largest absolute Gasteiger partial charge is 0.303 e. The Kier molecular flexibility index (Phi) is 1.97. The molecule has 0 saturated carbocycles. The molecule has 0 amide bonds. The molecule has 0 fully saturated rings. The molecule has 2 nitrogen and oxygen atoms in total. The van der Waals surface area contributed by atoms with Gasteiger partial charge < -0.3 is 4.31 Å². The lowest BCUT2D eigenvalue weighted by Gasteiger charge is -2.14. The fourth-order valence-electron chi connectivity index (χ4n) is 0.489. The Morgan fingerprint density at radius 2 is 2.62 bits per heavy atom. The van der Waals surface area contributed by atoms with Crippen molar-refractivity contribution >= 4 is 18.2 Å². The average molecular weight is 128 g/mol. The maximum Gasteiger partial charge on any atom is 0.119 e. The van der Waals surface area contributed by atoms with Crippen molar-refractivity contribution in [2.75, 3.05) is 12.9 Å². The Bertz CT molecular complexity index is 120. The van der Waals surface area contributed by atoms with Crippen LogP contribution in [0.2, 0.25) is 0 Å². The quantitative estimate of drug-likeness (QED) is 0.492. The zero-order valence-electron chi connectivity index (χ0n) is 4.74. The van der Waals surface area contributed by atoms with E-state index in [1.807, 2.05) is 24.7 Å². The molecule has 0 aromatic heterocycles. The van der Waals surface area contributed by atoms with E-state index < -0.39 is 0 Å². The highest BCUT2D eigenvalue weighted by Gasteiger charge is 1.93. The first-order valence-corrected chi connectivity index (χ1v) is 3.59. The van der Waals surface area contributed by atoms with Crippen LogP contribution in [0.25, 0.3) is 0 Å². The Morgan fingerprint density at radius 1 is 1.75 bits per heavy atom. The first-order valence-electron chi connectivity index (χ1n) is 2.41. The molecule has 0 saturated heterocycles. The summed E-state index contributed by atoms with van der Waals surface area (Å²) < 4.78 is 2.06. The summed E-state index contributed by atoms with van der Waals surface area (Å²) in [6.45, 7) is 0.789. The zero-order valence-corrected chi connectivity index (χ0v) is 5.56. The third-order valence-electron chi connectivity index (χ3n) is 0.899. The van der Waals surface area contributed by atoms with Crippen LogP contribution in [-0.4, -0.2) is 23.4 Å². The number of allylic oxidation sites excluding steroid dienone is 1. The molecule has 1 heterocycles. The normalized spacial score (nSPS) is 17.4. The average Bonchev–Trinajstić information content (AvgIpc) is 1.90. The van der Waals surface area contributed by atoms with Gasteiger partial charge in [0.05, 0.1) is 0 Å². The molecule has 0 aromatic rings. The number of nitrogens with zero attached hydrogens (tertiary/aromatic N) is 2. The van der Waals surface area contributed by atoms with Gasteiger partial charge in [0.2, 0.25) is 0 Å². The minimum Gasteiger partial charge on any atom is -0.303 e. The van der Waals surface area contributed by atoms with Gasteiger partial charge in [-0.25, -0.2) is 0 Å². The fraction of sp³-hybridized carbons (Fsp3) is 0.400. The lowest BCUT2D eigenvalue weighted by atomic mass is 10.6. The second-order valence-corrected chi connectivity index (χ2v) is 2.25. The van der Waals surface area contributed by atoms with Crippen LogP contribution in [0.5, 0.6) is 0 Å². The molecule has 0 spiro atoms. The molecule has 0 aliphatic carbocycles. The maximum atomic E-state index is 4.02. The van der Waals surface area contributed by atoms with Gasteiger partial charge in [-0.3, -0.25) is 4.99 Å². The molecule has 0 bridgehead atoms. The van der Waals surface area contributed by atoms with Gasteiger partial charge in [0, 0.05) is 18.7 Å². The number of aliphatic imine (C=N–C) groups is 1. The van der Waals surface area contributed by atoms with Crippen LogP contribution in [0.15, 0.2) is 17.3 Å². The molecule has 0 radical (unpaired) electrons. The van der Waals surface area contributed by atoms with E-state index in [1.165, 1.54) is 0 Å². The van der Waals surface area contributed by atoms with Crippen LogP contribution in [0, 0.1) is 0 Å². The monoisotopic (exact) mass is 128 g/mol. The van der Waals surface area contributed by atoms with E-state index in [2.05, 4.69) is 9.30 Å². The van der Waals surface area contributed by atoms with Crippen molar-refractivity contribution in [1.82, 2.24) is 4.31 Å². The molecule has 1 aliphatic heterocycles. The lowest BCUT2D eigenvalue weighted by Crippen LogP contribution is -2.09. The number of hydrogen-bond acceptors (Lipinski definition) is 3. The lowest BCUT2D eigenvalue weighted by molar-refractivity contribution is 0.639. The van der Waals surface area contributed by atoms with E-state index in [4.69, 9.17) is 0 Å². The summed E-state index contributed by atoms with van der Waals surface area (Å²) in [7, 11) is 0. The maximum absolute atomic E-state index is 4.02. The molecule has 0 aromatic carbocycles. The summed E-state index contributed by atoms with van der Waals surface area (Å²) >= 11 is 1.68. The van der Waals surface area contributed by atoms with Gasteiger partial charge in [-0.1, -0.05) is 11.9 Å². The molecule has 1 aliphatic rings. The third kappa shape index (κ3) is 1.26. The van der Waals surface area contributed by atoms with E-state index >= 15 is 0 Å². The van der Waals surface area contributed by atoms with Crippen molar-refractivity contribution in [3.8, 4) is 0 Å². The van der Waals surface area contributed by atoms with Crippen molar-refractivity contribution in [3.05, 3.63) is 12.3 Å². The highest BCUT2D eigenvalue weighted by molar-refractivity contribution is 7.96. The summed E-state index contributed by atoms with van der Waals surface area (Å²) in [6.07, 6.45) is 7.79. The zero-order chi connectivity index (χ0) is 5.82. The number of hydrogen-bond donors (Lipinski definition) is 0. The van der Waals surface area contributed by atoms with Crippen molar-refractivity contribution in [3.63, 3.8) is 0 Å². The van der Waals surface area contributed by atoms with Crippen molar-refractivity contribution in [2.45, 2.75) is 0 Å². The predicted octanol–water partition coefficient (Wildman–Crippen LogP) is 1.12. The van der Waals surface area contributed by atoms with E-state index in [0.717, 1.165) is 6.67 Å². The van der Waals surface area contributed by atoms with Crippen LogP contribution in [0.1, 0.15) is 0 Å². The summed E-state index contributed by atoms with van der Waals surface area (Å²) in [4.78, 5) is 4.02. The molecule has 1 rings (SSSR count). The summed E-state index contributed by atoms with van der Waals surface area (Å²) in [5.74, 6) is 0. The van der Waals surface area contributed by atoms with E-state index in [-0.39, 0.29) is 0 Å². The molecule has 8 heavy (non-hydrogen) atoms. The molecule has 0 unspecified atom stereocenters. The van der Waals surface area contributed by atoms with E-state index in [0.29, 0.717) is 0 Å². The topological polar surface area (TPSA) is 15.6 Å². The fourth-order valence-corrected chi connectivity index (χ4v) is 0.863. The van der Waals surface area contributed by atoms with Gasteiger partial charge in [-0.15, -0.1) is 0 Å². The summed E-state index contributed by atoms with van der Waals surface area (Å²) in [5, 5.41) is 0. The Morgan fingerprint density at radius 3 is 3.00 bits per heavy atom. The van der Waals surface area contributed by atoms with E-state index in [9.17, 15) is 0 Å².